The Kier molecular flexibility index (Phi) is 2.87. The Morgan fingerprint density at radius 2 is 2.17 bits per heavy atom. The molecule has 0 aromatic heterocycles. The monoisotopic (exact) mass is 184 g/mol. The normalized spacial score (nSPS) is 12.8. The molecule has 0 spiro atoms. The van der Waals surface area contributed by atoms with Crippen molar-refractivity contribution in [3.05, 3.63) is 23.8 Å². The van der Waals surface area contributed by atoms with Gasteiger partial charge in [0.05, 0.1) is 0 Å². The second-order valence-corrected chi connectivity index (χ2v) is 3.98. The molecule has 1 aromatic rings. The third kappa shape index (κ3) is 1.85. The highest BCUT2D eigenvalue weighted by Crippen LogP contribution is 2.20. The molecule has 12 heavy (non-hydrogen) atoms. The average molecular weight is 184 g/mol. The molecular formula is C9H12O2S. The lowest BCUT2D eigenvalue weighted by Gasteiger charge is -2.02. The average Bonchev–Trinajstić information content (AvgIpc) is 2.05. The quantitative estimate of drug-likeness (QED) is 0.759. The van der Waals surface area contributed by atoms with E-state index in [1.165, 1.54) is 0 Å². The molecule has 0 heterocycles. The fourth-order valence-corrected chi connectivity index (χ4v) is 1.59. The van der Waals surface area contributed by atoms with Gasteiger partial charge in [-0.2, -0.15) is 0 Å². The maximum Gasteiger partial charge on any atom is 0.118 e. The van der Waals surface area contributed by atoms with Gasteiger partial charge in [-0.1, -0.05) is 6.92 Å². The lowest BCUT2D eigenvalue weighted by molar-refractivity contribution is 0.468. The van der Waals surface area contributed by atoms with E-state index in [9.17, 15) is 9.32 Å². The van der Waals surface area contributed by atoms with Crippen molar-refractivity contribution in [1.82, 2.24) is 0 Å². The summed E-state index contributed by atoms with van der Waals surface area (Å²) in [5.74, 6) is 0.284. The van der Waals surface area contributed by atoms with E-state index in [0.717, 1.165) is 16.9 Å². The fraction of sp³-hybridized carbons (Fsp3) is 0.333. The first kappa shape index (κ1) is 9.26. The van der Waals surface area contributed by atoms with E-state index < -0.39 is 10.8 Å². The maximum atomic E-state index is 11.1. The fourth-order valence-electron chi connectivity index (χ4n) is 1.02. The van der Waals surface area contributed by atoms with Gasteiger partial charge in [-0.05, 0) is 30.2 Å². The first-order valence-corrected chi connectivity index (χ1v) is 5.36. The summed E-state index contributed by atoms with van der Waals surface area (Å²) in [6.07, 6.45) is 2.39. The second-order valence-electron chi connectivity index (χ2n) is 2.60. The van der Waals surface area contributed by atoms with Crippen LogP contribution in [0.25, 0.3) is 0 Å². The first-order chi connectivity index (χ1) is 5.65. The number of hydrogen-bond donors (Lipinski definition) is 1. The van der Waals surface area contributed by atoms with Crippen molar-refractivity contribution in [3.8, 4) is 5.75 Å². The van der Waals surface area contributed by atoms with Crippen LogP contribution in [0.3, 0.4) is 0 Å². The summed E-state index contributed by atoms with van der Waals surface area (Å²) in [6.45, 7) is 1.96. The van der Waals surface area contributed by atoms with Crippen molar-refractivity contribution in [1.29, 1.82) is 0 Å². The number of aryl methyl sites for hydroxylation is 1. The second kappa shape index (κ2) is 3.72. The summed E-state index contributed by atoms with van der Waals surface area (Å²) in [6, 6.07) is 5.06. The van der Waals surface area contributed by atoms with Crippen molar-refractivity contribution in [2.75, 3.05) is 6.26 Å². The van der Waals surface area contributed by atoms with Crippen molar-refractivity contribution in [3.63, 3.8) is 0 Å². The number of benzene rings is 1. The predicted molar refractivity (Wildman–Crippen MR) is 49.8 cm³/mol. The van der Waals surface area contributed by atoms with Crippen LogP contribution in [0.1, 0.15) is 12.5 Å². The largest absolute Gasteiger partial charge is 0.508 e. The van der Waals surface area contributed by atoms with Crippen molar-refractivity contribution in [2.24, 2.45) is 0 Å². The first-order valence-electron chi connectivity index (χ1n) is 3.80. The lowest BCUT2D eigenvalue weighted by Crippen LogP contribution is -1.89. The minimum Gasteiger partial charge on any atom is -0.508 e. The van der Waals surface area contributed by atoms with Crippen molar-refractivity contribution >= 4 is 10.8 Å². The zero-order valence-electron chi connectivity index (χ0n) is 7.20. The minimum absolute atomic E-state index is 0.284. The maximum absolute atomic E-state index is 11.1. The third-order valence-corrected chi connectivity index (χ3v) is 2.68. The Morgan fingerprint density at radius 3 is 2.67 bits per heavy atom. The Balaban J connectivity index is 3.13. The van der Waals surface area contributed by atoms with Crippen molar-refractivity contribution < 1.29 is 9.32 Å². The molecule has 1 unspecified atom stereocenters. The molecule has 1 aromatic carbocycles. The highest BCUT2D eigenvalue weighted by Gasteiger charge is 2.02. The molecule has 0 amide bonds. The van der Waals surface area contributed by atoms with E-state index in [2.05, 4.69) is 0 Å². The Morgan fingerprint density at radius 1 is 1.50 bits per heavy atom. The Labute approximate surface area is 74.7 Å². The predicted octanol–water partition coefficient (Wildman–Crippen LogP) is 1.69. The van der Waals surface area contributed by atoms with E-state index in [4.69, 9.17) is 0 Å². The number of phenols is 1. The molecule has 0 aliphatic heterocycles. The molecule has 0 radical (unpaired) electrons. The minimum atomic E-state index is -0.960. The molecular weight excluding hydrogens is 172 g/mol. The molecule has 0 fully saturated rings. The molecule has 1 N–H and O–H groups in total. The molecule has 0 aliphatic rings. The van der Waals surface area contributed by atoms with Gasteiger partial charge in [-0.25, -0.2) is 0 Å². The van der Waals surface area contributed by atoms with Crippen LogP contribution in [0.5, 0.6) is 5.75 Å². The van der Waals surface area contributed by atoms with Crippen LogP contribution in [0.2, 0.25) is 0 Å². The van der Waals surface area contributed by atoms with Gasteiger partial charge in [0.15, 0.2) is 0 Å². The molecule has 0 saturated carbocycles. The molecule has 0 bridgehead atoms. The third-order valence-electron chi connectivity index (χ3n) is 1.76. The lowest BCUT2D eigenvalue weighted by atomic mass is 10.1. The van der Waals surface area contributed by atoms with Gasteiger partial charge in [0.1, 0.15) is 5.75 Å². The van der Waals surface area contributed by atoms with Crippen LogP contribution in [0, 0.1) is 0 Å². The molecule has 0 aliphatic carbocycles. The number of hydrogen-bond acceptors (Lipinski definition) is 2. The van der Waals surface area contributed by atoms with Gasteiger partial charge in [0.25, 0.3) is 0 Å². The SMILES string of the molecule is CCc1cc(S(C)=O)ccc1O. The van der Waals surface area contributed by atoms with Crippen LogP contribution in [-0.2, 0) is 17.2 Å². The smallest absolute Gasteiger partial charge is 0.118 e. The van der Waals surface area contributed by atoms with Gasteiger partial charge >= 0.3 is 0 Å². The van der Waals surface area contributed by atoms with Crippen LogP contribution >= 0.6 is 0 Å². The van der Waals surface area contributed by atoms with Crippen LogP contribution in [0.4, 0.5) is 0 Å². The van der Waals surface area contributed by atoms with E-state index in [1.54, 1.807) is 24.5 Å². The van der Waals surface area contributed by atoms with Crippen molar-refractivity contribution in [2.45, 2.75) is 18.2 Å². The highest BCUT2D eigenvalue weighted by molar-refractivity contribution is 7.84. The van der Waals surface area contributed by atoms with Crippen LogP contribution in [-0.4, -0.2) is 15.6 Å². The Hall–Kier alpha value is -0.830. The molecule has 2 nitrogen and oxygen atoms in total. The zero-order chi connectivity index (χ0) is 9.14. The highest BCUT2D eigenvalue weighted by atomic mass is 32.2. The topological polar surface area (TPSA) is 37.3 Å². The number of phenolic OH excluding ortho intramolecular Hbond substituents is 1. The van der Waals surface area contributed by atoms with E-state index >= 15 is 0 Å². The molecule has 66 valence electrons. The van der Waals surface area contributed by atoms with E-state index in [0.29, 0.717) is 0 Å². The number of aromatic hydroxyl groups is 1. The summed E-state index contributed by atoms with van der Waals surface area (Å²) in [7, 11) is -0.960. The zero-order valence-corrected chi connectivity index (χ0v) is 8.02. The standard InChI is InChI=1S/C9H12O2S/c1-3-7-6-8(12(2)11)4-5-9(7)10/h4-6,10H,3H2,1-2H3. The van der Waals surface area contributed by atoms with Crippen LogP contribution in [0.15, 0.2) is 23.1 Å². The van der Waals surface area contributed by atoms with E-state index in [1.807, 2.05) is 6.92 Å². The molecule has 3 heteroatoms. The van der Waals surface area contributed by atoms with Gasteiger partial charge < -0.3 is 5.11 Å². The van der Waals surface area contributed by atoms with Gasteiger partial charge in [0.2, 0.25) is 0 Å². The summed E-state index contributed by atoms with van der Waals surface area (Å²) in [5, 5.41) is 9.32. The number of rotatable bonds is 2. The van der Waals surface area contributed by atoms with Gasteiger partial charge in [-0.15, -0.1) is 0 Å². The van der Waals surface area contributed by atoms with Gasteiger partial charge in [-0.3, -0.25) is 4.21 Å². The summed E-state index contributed by atoms with van der Waals surface area (Å²) >= 11 is 0. The summed E-state index contributed by atoms with van der Waals surface area (Å²) < 4.78 is 11.1. The Bertz CT molecular complexity index is 307. The molecule has 0 saturated heterocycles. The van der Waals surface area contributed by atoms with Crippen LogP contribution < -0.4 is 0 Å². The van der Waals surface area contributed by atoms with Gasteiger partial charge in [0, 0.05) is 22.0 Å². The summed E-state index contributed by atoms with van der Waals surface area (Å²) in [5.41, 5.74) is 0.850. The van der Waals surface area contributed by atoms with E-state index in [-0.39, 0.29) is 5.75 Å². The summed E-state index contributed by atoms with van der Waals surface area (Å²) in [4.78, 5) is 0.768. The molecule has 1 atom stereocenters. The molecule has 1 rings (SSSR count).